The first-order chi connectivity index (χ1) is 6.54. The molecule has 1 aromatic carbocycles. The van der Waals surface area contributed by atoms with Crippen LogP contribution in [0.15, 0.2) is 0 Å². The van der Waals surface area contributed by atoms with E-state index in [1.54, 1.807) is 13.8 Å². The highest BCUT2D eigenvalue weighted by Gasteiger charge is 2.15. The molecule has 14 heavy (non-hydrogen) atoms. The van der Waals surface area contributed by atoms with Gasteiger partial charge in [-0.15, -0.1) is 0 Å². The van der Waals surface area contributed by atoms with Crippen LogP contribution in [0.1, 0.15) is 16.7 Å². The molecule has 4 heteroatoms. The van der Waals surface area contributed by atoms with Gasteiger partial charge in [0.05, 0.1) is 23.9 Å². The molecular weight excluding hydrogens is 176 g/mol. The molecule has 0 spiro atoms. The van der Waals surface area contributed by atoms with Gasteiger partial charge < -0.3 is 11.5 Å². The Labute approximate surface area is 82.6 Å². The van der Waals surface area contributed by atoms with E-state index in [4.69, 9.17) is 23.3 Å². The van der Waals surface area contributed by atoms with Crippen molar-refractivity contribution in [1.29, 1.82) is 5.26 Å². The second-order valence-corrected chi connectivity index (χ2v) is 3.02. The number of anilines is 2. The second-order valence-electron chi connectivity index (χ2n) is 3.02. The van der Waals surface area contributed by atoms with Crippen molar-refractivity contribution in [2.75, 3.05) is 11.5 Å². The lowest BCUT2D eigenvalue weighted by atomic mass is 9.99. The van der Waals surface area contributed by atoms with Crippen LogP contribution in [0.3, 0.4) is 0 Å². The van der Waals surface area contributed by atoms with E-state index < -0.39 is 0 Å². The quantitative estimate of drug-likeness (QED) is 0.479. The van der Waals surface area contributed by atoms with Gasteiger partial charge >= 0.3 is 0 Å². The number of nitrogen functional groups attached to an aromatic ring is 2. The summed E-state index contributed by atoms with van der Waals surface area (Å²) in [7, 11) is 0. The van der Waals surface area contributed by atoms with Crippen molar-refractivity contribution in [3.05, 3.63) is 28.1 Å². The lowest BCUT2D eigenvalue weighted by molar-refractivity contribution is 1.36. The molecule has 4 nitrogen and oxygen atoms in total. The molecule has 0 aliphatic carbocycles. The zero-order valence-corrected chi connectivity index (χ0v) is 8.05. The number of benzene rings is 1. The Morgan fingerprint density at radius 1 is 1.21 bits per heavy atom. The topological polar surface area (TPSA) is 80.2 Å². The van der Waals surface area contributed by atoms with Gasteiger partial charge in [0.25, 0.3) is 0 Å². The fourth-order valence-electron chi connectivity index (χ4n) is 1.31. The van der Waals surface area contributed by atoms with Gasteiger partial charge in [0, 0.05) is 5.69 Å². The van der Waals surface area contributed by atoms with Crippen molar-refractivity contribution >= 4 is 17.1 Å². The summed E-state index contributed by atoms with van der Waals surface area (Å²) in [5.41, 5.74) is 14.0. The van der Waals surface area contributed by atoms with E-state index >= 15 is 0 Å². The van der Waals surface area contributed by atoms with E-state index in [9.17, 15) is 0 Å². The van der Waals surface area contributed by atoms with Crippen LogP contribution in [-0.2, 0) is 0 Å². The Bertz CT molecular complexity index is 430. The van der Waals surface area contributed by atoms with Gasteiger partial charge in [-0.3, -0.25) is 0 Å². The lowest BCUT2D eigenvalue weighted by Crippen LogP contribution is -2.02. The minimum Gasteiger partial charge on any atom is -0.398 e. The van der Waals surface area contributed by atoms with Crippen molar-refractivity contribution < 1.29 is 0 Å². The third-order valence-electron chi connectivity index (χ3n) is 2.29. The number of hydrogen-bond acceptors (Lipinski definition) is 3. The molecule has 0 saturated heterocycles. The number of nitrogens with zero attached hydrogens (tertiary/aromatic N) is 2. The third kappa shape index (κ3) is 1.14. The monoisotopic (exact) mass is 186 g/mol. The summed E-state index contributed by atoms with van der Waals surface area (Å²) in [4.78, 5) is 3.30. The van der Waals surface area contributed by atoms with Crippen LogP contribution >= 0.6 is 0 Å². The predicted molar refractivity (Wildman–Crippen MR) is 55.7 cm³/mol. The molecule has 70 valence electrons. The molecule has 4 N–H and O–H groups in total. The van der Waals surface area contributed by atoms with E-state index in [-0.39, 0.29) is 0 Å². The summed E-state index contributed by atoms with van der Waals surface area (Å²) in [5.74, 6) is 0. The van der Waals surface area contributed by atoms with Crippen LogP contribution in [0.4, 0.5) is 17.1 Å². The molecular formula is C10H10N4. The van der Waals surface area contributed by atoms with Gasteiger partial charge in [-0.25, -0.2) is 4.85 Å². The van der Waals surface area contributed by atoms with Crippen LogP contribution < -0.4 is 11.5 Å². The first-order valence-electron chi connectivity index (χ1n) is 4.00. The molecule has 0 atom stereocenters. The lowest BCUT2D eigenvalue weighted by Gasteiger charge is -2.11. The summed E-state index contributed by atoms with van der Waals surface area (Å²) >= 11 is 0. The van der Waals surface area contributed by atoms with E-state index in [0.717, 1.165) is 0 Å². The molecule has 0 unspecified atom stereocenters. The zero-order chi connectivity index (χ0) is 10.9. The first-order valence-corrected chi connectivity index (χ1v) is 4.00. The Morgan fingerprint density at radius 2 is 1.71 bits per heavy atom. The van der Waals surface area contributed by atoms with Gasteiger partial charge in [0.15, 0.2) is 0 Å². The summed E-state index contributed by atoms with van der Waals surface area (Å²) in [6.07, 6.45) is 0. The van der Waals surface area contributed by atoms with E-state index in [0.29, 0.717) is 33.8 Å². The minimum absolute atomic E-state index is 0.303. The zero-order valence-electron chi connectivity index (χ0n) is 8.05. The summed E-state index contributed by atoms with van der Waals surface area (Å²) in [6.45, 7) is 10.4. The molecule has 0 bridgehead atoms. The molecule has 0 amide bonds. The SMILES string of the molecule is [C-]#[N+]c1c(C)c(N)c(N)c(C)c1C#N. The van der Waals surface area contributed by atoms with Crippen molar-refractivity contribution in [3.8, 4) is 6.07 Å². The summed E-state index contributed by atoms with van der Waals surface area (Å²) in [5, 5.41) is 8.88. The molecule has 0 saturated carbocycles. The van der Waals surface area contributed by atoms with Crippen LogP contribution in [0, 0.1) is 31.8 Å². The van der Waals surface area contributed by atoms with E-state index in [1.165, 1.54) is 0 Å². The molecule has 0 aliphatic heterocycles. The summed E-state index contributed by atoms with van der Waals surface area (Å²) in [6, 6.07) is 1.97. The maximum atomic E-state index is 8.88. The van der Waals surface area contributed by atoms with Gasteiger partial charge in [-0.05, 0) is 25.0 Å². The predicted octanol–water partition coefficient (Wildman–Crippen LogP) is 1.89. The van der Waals surface area contributed by atoms with Crippen LogP contribution in [0.2, 0.25) is 0 Å². The standard InChI is InChI=1S/C10H10N4/c1-5-7(4-11)10(14-3)6(2)9(13)8(5)12/h12-13H2,1-2H3. The van der Waals surface area contributed by atoms with Crippen molar-refractivity contribution in [2.24, 2.45) is 0 Å². The average Bonchev–Trinajstić information content (AvgIpc) is 2.20. The Kier molecular flexibility index (Phi) is 2.31. The molecule has 1 aromatic rings. The van der Waals surface area contributed by atoms with Crippen LogP contribution in [0.5, 0.6) is 0 Å². The molecule has 0 radical (unpaired) electrons. The highest BCUT2D eigenvalue weighted by atomic mass is 14.7. The largest absolute Gasteiger partial charge is 0.398 e. The molecule has 0 aromatic heterocycles. The number of rotatable bonds is 0. The smallest absolute Gasteiger partial charge is 0.209 e. The van der Waals surface area contributed by atoms with Gasteiger partial charge in [0.2, 0.25) is 5.69 Å². The average molecular weight is 186 g/mol. The number of hydrogen-bond donors (Lipinski definition) is 2. The minimum atomic E-state index is 0.303. The van der Waals surface area contributed by atoms with Gasteiger partial charge in [-0.2, -0.15) is 5.26 Å². The highest BCUT2D eigenvalue weighted by Crippen LogP contribution is 2.36. The highest BCUT2D eigenvalue weighted by molar-refractivity contribution is 5.83. The Hall–Kier alpha value is -2.20. The molecule has 1 rings (SSSR count). The van der Waals surface area contributed by atoms with Crippen LogP contribution in [0.25, 0.3) is 4.85 Å². The Morgan fingerprint density at radius 3 is 2.14 bits per heavy atom. The fourth-order valence-corrected chi connectivity index (χ4v) is 1.31. The Balaban J connectivity index is 3.79. The van der Waals surface area contributed by atoms with Crippen molar-refractivity contribution in [1.82, 2.24) is 0 Å². The van der Waals surface area contributed by atoms with Crippen LogP contribution in [-0.4, -0.2) is 0 Å². The number of nitriles is 1. The van der Waals surface area contributed by atoms with E-state index in [1.807, 2.05) is 6.07 Å². The third-order valence-corrected chi connectivity index (χ3v) is 2.29. The molecule has 0 fully saturated rings. The molecule has 0 heterocycles. The van der Waals surface area contributed by atoms with E-state index in [2.05, 4.69) is 4.85 Å². The van der Waals surface area contributed by atoms with Crippen molar-refractivity contribution in [2.45, 2.75) is 13.8 Å². The van der Waals surface area contributed by atoms with Gasteiger partial charge in [0.1, 0.15) is 0 Å². The first kappa shape index (κ1) is 9.88. The maximum Gasteiger partial charge on any atom is 0.209 e. The maximum absolute atomic E-state index is 8.88. The second kappa shape index (κ2) is 3.27. The number of nitrogens with two attached hydrogens (primary N) is 2. The molecule has 0 aliphatic rings. The van der Waals surface area contributed by atoms with Gasteiger partial charge in [-0.1, -0.05) is 0 Å². The van der Waals surface area contributed by atoms with Crippen molar-refractivity contribution in [3.63, 3.8) is 0 Å². The summed E-state index contributed by atoms with van der Waals surface area (Å²) < 4.78 is 0. The fraction of sp³-hybridized carbons (Fsp3) is 0.200. The normalized spacial score (nSPS) is 9.14.